The van der Waals surface area contributed by atoms with E-state index < -0.39 is 0 Å². The fraction of sp³-hybridized carbons (Fsp3) is 0.375. The van der Waals surface area contributed by atoms with Crippen LogP contribution in [0.2, 0.25) is 0 Å². The molecule has 0 aliphatic heterocycles. The van der Waals surface area contributed by atoms with Gasteiger partial charge in [0, 0.05) is 12.4 Å². The molecule has 64 valence electrons. The lowest BCUT2D eigenvalue weighted by Crippen LogP contribution is -2.39. The molecule has 1 aliphatic rings. The SMILES string of the molecule is NNC(=O)C1(c2cc[nH]c2)CC1. The molecule has 0 aromatic carbocycles. The average Bonchev–Trinajstić information content (AvgIpc) is 2.73. The van der Waals surface area contributed by atoms with Gasteiger partial charge in [-0.15, -0.1) is 0 Å². The van der Waals surface area contributed by atoms with Gasteiger partial charge in [0.1, 0.15) is 0 Å². The number of aromatic nitrogens is 1. The Labute approximate surface area is 70.1 Å². The summed E-state index contributed by atoms with van der Waals surface area (Å²) in [6.45, 7) is 0. The van der Waals surface area contributed by atoms with Crippen molar-refractivity contribution < 1.29 is 4.79 Å². The van der Waals surface area contributed by atoms with E-state index in [4.69, 9.17) is 5.84 Å². The van der Waals surface area contributed by atoms with Gasteiger partial charge >= 0.3 is 0 Å². The van der Waals surface area contributed by atoms with Crippen molar-refractivity contribution in [2.24, 2.45) is 5.84 Å². The topological polar surface area (TPSA) is 70.9 Å². The van der Waals surface area contributed by atoms with Crippen LogP contribution in [-0.2, 0) is 10.2 Å². The zero-order chi connectivity index (χ0) is 8.60. The maximum atomic E-state index is 11.3. The van der Waals surface area contributed by atoms with Gasteiger partial charge in [-0.3, -0.25) is 10.2 Å². The van der Waals surface area contributed by atoms with Crippen LogP contribution in [-0.4, -0.2) is 10.9 Å². The molecule has 0 bridgehead atoms. The molecule has 0 unspecified atom stereocenters. The minimum atomic E-state index is -0.325. The van der Waals surface area contributed by atoms with Crippen LogP contribution in [0.15, 0.2) is 18.5 Å². The van der Waals surface area contributed by atoms with Crippen LogP contribution >= 0.6 is 0 Å². The molecule has 4 N–H and O–H groups in total. The number of carbonyl (C=O) groups is 1. The number of H-pyrrole nitrogens is 1. The van der Waals surface area contributed by atoms with Crippen LogP contribution in [0.1, 0.15) is 18.4 Å². The molecule has 1 amide bonds. The lowest BCUT2D eigenvalue weighted by atomic mass is 9.98. The van der Waals surface area contributed by atoms with Gasteiger partial charge in [0.2, 0.25) is 5.91 Å². The van der Waals surface area contributed by atoms with Crippen LogP contribution in [0.5, 0.6) is 0 Å². The van der Waals surface area contributed by atoms with Gasteiger partial charge in [0.15, 0.2) is 0 Å². The molecule has 0 spiro atoms. The highest BCUT2D eigenvalue weighted by Crippen LogP contribution is 2.48. The van der Waals surface area contributed by atoms with Crippen molar-refractivity contribution in [1.29, 1.82) is 0 Å². The molecule has 1 aliphatic carbocycles. The number of hydrogen-bond donors (Lipinski definition) is 3. The second-order valence-electron chi connectivity index (χ2n) is 3.16. The van der Waals surface area contributed by atoms with E-state index in [0.29, 0.717) is 0 Å². The molecule has 1 heterocycles. The smallest absolute Gasteiger partial charge is 0.244 e. The van der Waals surface area contributed by atoms with E-state index in [2.05, 4.69) is 10.4 Å². The normalized spacial score (nSPS) is 18.8. The predicted molar refractivity (Wildman–Crippen MR) is 44.0 cm³/mol. The van der Waals surface area contributed by atoms with E-state index in [9.17, 15) is 4.79 Å². The maximum Gasteiger partial charge on any atom is 0.244 e. The fourth-order valence-electron chi connectivity index (χ4n) is 1.53. The van der Waals surface area contributed by atoms with Gasteiger partial charge < -0.3 is 4.98 Å². The third-order valence-corrected chi connectivity index (χ3v) is 2.47. The monoisotopic (exact) mass is 165 g/mol. The van der Waals surface area contributed by atoms with Gasteiger partial charge in [0.05, 0.1) is 5.41 Å². The minimum Gasteiger partial charge on any atom is -0.367 e. The Morgan fingerprint density at radius 1 is 1.67 bits per heavy atom. The molecular weight excluding hydrogens is 154 g/mol. The van der Waals surface area contributed by atoms with E-state index in [1.54, 1.807) is 0 Å². The average molecular weight is 165 g/mol. The Bertz CT molecular complexity index is 287. The van der Waals surface area contributed by atoms with E-state index in [1.165, 1.54) is 0 Å². The number of carbonyl (C=O) groups excluding carboxylic acids is 1. The van der Waals surface area contributed by atoms with E-state index in [1.807, 2.05) is 18.5 Å². The summed E-state index contributed by atoms with van der Waals surface area (Å²) >= 11 is 0. The molecule has 1 fully saturated rings. The fourth-order valence-corrected chi connectivity index (χ4v) is 1.53. The van der Waals surface area contributed by atoms with Gasteiger partial charge in [-0.25, -0.2) is 5.84 Å². The first-order chi connectivity index (χ1) is 5.79. The van der Waals surface area contributed by atoms with E-state index in [-0.39, 0.29) is 11.3 Å². The second kappa shape index (κ2) is 2.35. The van der Waals surface area contributed by atoms with Crippen LogP contribution in [0.4, 0.5) is 0 Å². The lowest BCUT2D eigenvalue weighted by molar-refractivity contribution is -0.123. The zero-order valence-corrected chi connectivity index (χ0v) is 6.63. The maximum absolute atomic E-state index is 11.3. The summed E-state index contributed by atoms with van der Waals surface area (Å²) in [5.74, 6) is 5.01. The molecule has 4 nitrogen and oxygen atoms in total. The molecular formula is C8H11N3O. The molecule has 1 aromatic heterocycles. The summed E-state index contributed by atoms with van der Waals surface area (Å²) in [7, 11) is 0. The molecule has 0 saturated heterocycles. The highest BCUT2D eigenvalue weighted by Gasteiger charge is 2.51. The van der Waals surface area contributed by atoms with Crippen molar-refractivity contribution in [2.45, 2.75) is 18.3 Å². The van der Waals surface area contributed by atoms with Crippen LogP contribution in [0.3, 0.4) is 0 Å². The molecule has 0 radical (unpaired) electrons. The first-order valence-corrected chi connectivity index (χ1v) is 3.94. The Morgan fingerprint density at radius 2 is 2.42 bits per heavy atom. The Balaban J connectivity index is 2.28. The standard InChI is InChI=1S/C8H11N3O/c9-11-7(12)8(2-3-8)6-1-4-10-5-6/h1,4-5,10H,2-3,9H2,(H,11,12). The van der Waals surface area contributed by atoms with Crippen molar-refractivity contribution in [3.8, 4) is 0 Å². The molecule has 1 aromatic rings. The Morgan fingerprint density at radius 3 is 2.83 bits per heavy atom. The summed E-state index contributed by atoms with van der Waals surface area (Å²) in [4.78, 5) is 14.3. The minimum absolute atomic E-state index is 0.0814. The van der Waals surface area contributed by atoms with Crippen molar-refractivity contribution in [1.82, 2.24) is 10.4 Å². The summed E-state index contributed by atoms with van der Waals surface area (Å²) in [6, 6.07) is 1.92. The van der Waals surface area contributed by atoms with Gasteiger partial charge in [-0.1, -0.05) is 0 Å². The quantitative estimate of drug-likeness (QED) is 0.329. The third kappa shape index (κ3) is 0.848. The van der Waals surface area contributed by atoms with Gasteiger partial charge in [-0.05, 0) is 24.5 Å². The predicted octanol–water partition coefficient (Wildman–Crippen LogP) is 0.0362. The summed E-state index contributed by atoms with van der Waals surface area (Å²) in [5.41, 5.74) is 2.91. The van der Waals surface area contributed by atoms with Crippen molar-refractivity contribution >= 4 is 5.91 Å². The molecule has 1 saturated carbocycles. The number of hydrogen-bond acceptors (Lipinski definition) is 2. The van der Waals surface area contributed by atoms with Crippen LogP contribution in [0, 0.1) is 0 Å². The van der Waals surface area contributed by atoms with E-state index in [0.717, 1.165) is 18.4 Å². The Kier molecular flexibility index (Phi) is 1.44. The molecule has 12 heavy (non-hydrogen) atoms. The third-order valence-electron chi connectivity index (χ3n) is 2.47. The van der Waals surface area contributed by atoms with Crippen molar-refractivity contribution in [2.75, 3.05) is 0 Å². The van der Waals surface area contributed by atoms with Gasteiger partial charge in [-0.2, -0.15) is 0 Å². The molecule has 0 atom stereocenters. The highest BCUT2D eigenvalue weighted by atomic mass is 16.2. The Hall–Kier alpha value is -1.29. The molecule has 4 heteroatoms. The summed E-state index contributed by atoms with van der Waals surface area (Å²) in [6.07, 6.45) is 5.46. The van der Waals surface area contributed by atoms with Crippen LogP contribution < -0.4 is 11.3 Å². The van der Waals surface area contributed by atoms with Crippen LogP contribution in [0.25, 0.3) is 0 Å². The number of aromatic amines is 1. The van der Waals surface area contributed by atoms with Crippen molar-refractivity contribution in [3.63, 3.8) is 0 Å². The summed E-state index contributed by atoms with van der Waals surface area (Å²) < 4.78 is 0. The zero-order valence-electron chi connectivity index (χ0n) is 6.63. The van der Waals surface area contributed by atoms with Crippen molar-refractivity contribution in [3.05, 3.63) is 24.0 Å². The summed E-state index contributed by atoms with van der Waals surface area (Å²) in [5, 5.41) is 0. The lowest BCUT2D eigenvalue weighted by Gasteiger charge is -2.10. The number of nitrogens with two attached hydrogens (primary N) is 1. The first kappa shape index (κ1) is 7.36. The number of nitrogens with one attached hydrogen (secondary N) is 2. The highest BCUT2D eigenvalue weighted by molar-refractivity contribution is 5.90. The number of rotatable bonds is 2. The van der Waals surface area contributed by atoms with E-state index >= 15 is 0 Å². The van der Waals surface area contributed by atoms with Gasteiger partial charge in [0.25, 0.3) is 0 Å². The second-order valence-corrected chi connectivity index (χ2v) is 3.16. The molecule has 2 rings (SSSR count). The first-order valence-electron chi connectivity index (χ1n) is 3.94. The number of amides is 1. The number of hydrazine groups is 1. The largest absolute Gasteiger partial charge is 0.367 e.